The van der Waals surface area contributed by atoms with Gasteiger partial charge in [0.1, 0.15) is 5.82 Å². The molecule has 3 atom stereocenters. The van der Waals surface area contributed by atoms with E-state index in [-0.39, 0.29) is 28.1 Å². The number of carbonyl (C=O) groups is 2. The van der Waals surface area contributed by atoms with Crippen LogP contribution in [0.15, 0.2) is 36.4 Å². The number of quaternary nitrogens is 1. The van der Waals surface area contributed by atoms with Gasteiger partial charge in [0.2, 0.25) is 5.69 Å². The molecule has 0 bridgehead atoms. The van der Waals surface area contributed by atoms with Crippen molar-refractivity contribution >= 4 is 29.2 Å². The van der Waals surface area contributed by atoms with E-state index in [1.54, 1.807) is 11.9 Å². The van der Waals surface area contributed by atoms with Gasteiger partial charge in [-0.25, -0.2) is 9.18 Å². The number of benzene rings is 2. The molecule has 2 aliphatic rings. The van der Waals surface area contributed by atoms with Crippen LogP contribution in [0.25, 0.3) is 0 Å². The van der Waals surface area contributed by atoms with Crippen LogP contribution in [-0.2, 0) is 0 Å². The van der Waals surface area contributed by atoms with Gasteiger partial charge in [-0.2, -0.15) is 0 Å². The molecule has 0 saturated carbocycles. The zero-order valence-electron chi connectivity index (χ0n) is 18.2. The van der Waals surface area contributed by atoms with E-state index in [0.29, 0.717) is 18.7 Å². The Morgan fingerprint density at radius 1 is 1.30 bits per heavy atom. The van der Waals surface area contributed by atoms with Crippen LogP contribution < -0.4 is 20.5 Å². The lowest BCUT2D eigenvalue weighted by molar-refractivity contribution is -0.0129. The van der Waals surface area contributed by atoms with Crippen molar-refractivity contribution in [2.24, 2.45) is 5.73 Å². The number of piperidine rings is 1. The number of fused-ring (bicyclic) bond motifs is 1. The largest absolute Gasteiger partial charge is 0.472 e. The van der Waals surface area contributed by atoms with Crippen LogP contribution in [-0.4, -0.2) is 49.6 Å². The van der Waals surface area contributed by atoms with Gasteiger partial charge in [-0.05, 0) is 54.8 Å². The Kier molecular flexibility index (Phi) is 6.56. The third-order valence-corrected chi connectivity index (χ3v) is 6.54. The molecule has 2 aromatic rings. The van der Waals surface area contributed by atoms with E-state index >= 15 is 4.48 Å². The standard InChI is InChI=1S/C23H25ClF2N4O3/c1-28-12-15-5-2-3-10-29(15)23(32)30(26)13-20(14-8-9-18(25)17(24)11-14)33-21-16(22(27)31)6-4-7-19(21)30/h4,6-9,11,15,20,28H,2-3,5,10,12-13H2,1H3,(H-,27,31)/p+1. The first-order valence-electron chi connectivity index (χ1n) is 10.8. The molecule has 3 amide bonds. The highest BCUT2D eigenvalue weighted by Gasteiger charge is 2.55. The van der Waals surface area contributed by atoms with Crippen molar-refractivity contribution in [2.45, 2.75) is 31.4 Å². The summed E-state index contributed by atoms with van der Waals surface area (Å²) in [5.41, 5.74) is 5.77. The van der Waals surface area contributed by atoms with Crippen molar-refractivity contribution in [1.29, 1.82) is 0 Å². The van der Waals surface area contributed by atoms with Crippen LogP contribution in [0, 0.1) is 5.82 Å². The lowest BCUT2D eigenvalue weighted by atomic mass is 10.0. The number of likely N-dealkylation sites (N-methyl/N-ethyl adjacent to an activating group) is 1. The number of primary amides is 1. The highest BCUT2D eigenvalue weighted by atomic mass is 35.5. The van der Waals surface area contributed by atoms with E-state index in [4.69, 9.17) is 22.1 Å². The number of hydrogen-bond donors (Lipinski definition) is 2. The predicted octanol–water partition coefficient (Wildman–Crippen LogP) is 4.10. The second-order valence-corrected chi connectivity index (χ2v) is 8.79. The van der Waals surface area contributed by atoms with Gasteiger partial charge in [0, 0.05) is 29.7 Å². The van der Waals surface area contributed by atoms with Crippen molar-refractivity contribution in [2.75, 3.05) is 26.7 Å². The van der Waals surface area contributed by atoms with Crippen LogP contribution in [0.1, 0.15) is 41.3 Å². The molecule has 33 heavy (non-hydrogen) atoms. The van der Waals surface area contributed by atoms with Crippen LogP contribution in [0.4, 0.5) is 19.4 Å². The molecule has 0 spiro atoms. The topological polar surface area (TPSA) is 84.7 Å². The quantitative estimate of drug-likeness (QED) is 0.647. The summed E-state index contributed by atoms with van der Waals surface area (Å²) in [6, 6.07) is 7.32. The Hall–Kier alpha value is -2.75. The number of rotatable bonds is 4. The van der Waals surface area contributed by atoms with Gasteiger partial charge in [-0.1, -0.05) is 23.7 Å². The molecule has 3 unspecified atom stereocenters. The molecule has 0 aromatic heterocycles. The van der Waals surface area contributed by atoms with Gasteiger partial charge >= 0.3 is 6.03 Å². The maximum atomic E-state index is 16.9. The van der Waals surface area contributed by atoms with E-state index in [1.807, 2.05) is 0 Å². The van der Waals surface area contributed by atoms with Crippen molar-refractivity contribution in [3.8, 4) is 5.75 Å². The number of nitrogens with two attached hydrogens (primary N) is 1. The number of amides is 3. The minimum atomic E-state index is -1.60. The summed E-state index contributed by atoms with van der Waals surface area (Å²) in [6.45, 7) is 0.556. The second-order valence-electron chi connectivity index (χ2n) is 8.38. The highest BCUT2D eigenvalue weighted by Crippen LogP contribution is 2.46. The first-order chi connectivity index (χ1) is 15.8. The number of nitrogens with zero attached hydrogens (tertiary/aromatic N) is 2. The zero-order valence-corrected chi connectivity index (χ0v) is 18.9. The molecule has 4 rings (SSSR count). The van der Waals surface area contributed by atoms with Crippen molar-refractivity contribution in [1.82, 2.24) is 14.9 Å². The Bertz CT molecular complexity index is 1080. The first kappa shape index (κ1) is 23.4. The van der Waals surface area contributed by atoms with Crippen LogP contribution in [0.5, 0.6) is 5.75 Å². The number of likely N-dealkylation sites (tertiary alicyclic amines) is 1. The van der Waals surface area contributed by atoms with Crippen LogP contribution in [0.3, 0.4) is 0 Å². The number of hydrogen-bond acceptors (Lipinski definition) is 4. The molecule has 0 radical (unpaired) electrons. The van der Waals surface area contributed by atoms with Crippen LogP contribution in [0.2, 0.25) is 5.02 Å². The van der Waals surface area contributed by atoms with Gasteiger partial charge in [-0.3, -0.25) is 9.69 Å². The van der Waals surface area contributed by atoms with Gasteiger partial charge in [0.15, 0.2) is 18.4 Å². The van der Waals surface area contributed by atoms with Gasteiger partial charge in [0.25, 0.3) is 5.91 Å². The van der Waals surface area contributed by atoms with E-state index in [2.05, 4.69) is 5.32 Å². The highest BCUT2D eigenvalue weighted by molar-refractivity contribution is 6.30. The van der Waals surface area contributed by atoms with E-state index < -0.39 is 35.1 Å². The SMILES string of the molecule is CNCC1CCCCN1C(=O)[N+]1(F)CC(c2ccc(F)c(Cl)c2)Oc2c(C(N)=O)cccc21. The molecule has 1 fully saturated rings. The number of ether oxygens (including phenoxy) is 1. The molecule has 2 aromatic carbocycles. The van der Waals surface area contributed by atoms with Crippen molar-refractivity contribution in [3.63, 3.8) is 0 Å². The van der Waals surface area contributed by atoms with Crippen molar-refractivity contribution < 1.29 is 23.2 Å². The summed E-state index contributed by atoms with van der Waals surface area (Å²) in [6.07, 6.45) is 1.48. The molecule has 176 valence electrons. The molecule has 7 nitrogen and oxygen atoms in total. The third-order valence-electron chi connectivity index (χ3n) is 6.25. The minimum absolute atomic E-state index is 0.0382. The number of urea groups is 1. The smallest absolute Gasteiger partial charge is 0.463 e. The maximum absolute atomic E-state index is 16.9. The van der Waals surface area contributed by atoms with E-state index in [9.17, 15) is 14.0 Å². The molecule has 1 saturated heterocycles. The average Bonchev–Trinajstić information content (AvgIpc) is 2.80. The first-order valence-corrected chi connectivity index (χ1v) is 11.2. The van der Waals surface area contributed by atoms with E-state index in [1.165, 1.54) is 30.3 Å². The lowest BCUT2D eigenvalue weighted by Gasteiger charge is -2.40. The van der Waals surface area contributed by atoms with Gasteiger partial charge in [-0.15, -0.1) is 0 Å². The monoisotopic (exact) mass is 479 g/mol. The summed E-state index contributed by atoms with van der Waals surface area (Å²) in [4.78, 5) is 27.4. The lowest BCUT2D eigenvalue weighted by Crippen LogP contribution is -2.62. The molecule has 2 aliphatic heterocycles. The summed E-state index contributed by atoms with van der Waals surface area (Å²) in [5.74, 6) is -1.54. The summed E-state index contributed by atoms with van der Waals surface area (Å²) in [7, 11) is 1.79. The normalized spacial score (nSPS) is 24.7. The van der Waals surface area contributed by atoms with Crippen LogP contribution >= 0.6 is 11.6 Å². The van der Waals surface area contributed by atoms with Crippen molar-refractivity contribution in [3.05, 3.63) is 58.4 Å². The maximum Gasteiger partial charge on any atom is 0.463 e. The average molecular weight is 480 g/mol. The Morgan fingerprint density at radius 2 is 2.09 bits per heavy atom. The fraction of sp³-hybridized carbons (Fsp3) is 0.391. The molecule has 0 aliphatic carbocycles. The summed E-state index contributed by atoms with van der Waals surface area (Å²) >= 11 is 5.94. The fourth-order valence-corrected chi connectivity index (χ4v) is 4.79. The van der Waals surface area contributed by atoms with Gasteiger partial charge < -0.3 is 15.8 Å². The molecule has 3 N–H and O–H groups in total. The number of para-hydroxylation sites is 1. The molecule has 10 heteroatoms. The van der Waals surface area contributed by atoms with Gasteiger partial charge in [0.05, 0.1) is 10.6 Å². The van der Waals surface area contributed by atoms with E-state index in [0.717, 1.165) is 25.3 Å². The summed E-state index contributed by atoms with van der Waals surface area (Å²) < 4.78 is 35.0. The number of nitrogens with one attached hydrogen (secondary N) is 1. The Balaban J connectivity index is 1.82. The minimum Gasteiger partial charge on any atom is -0.472 e. The fourth-order valence-electron chi connectivity index (χ4n) is 4.60. The predicted molar refractivity (Wildman–Crippen MR) is 121 cm³/mol. The second kappa shape index (κ2) is 9.24. The molecular formula is C23H26ClF2N4O3+. The number of halogens is 3. The third kappa shape index (κ3) is 4.28. The zero-order chi connectivity index (χ0) is 23.8. The summed E-state index contributed by atoms with van der Waals surface area (Å²) in [5, 5.41) is 2.91. The molecular weight excluding hydrogens is 454 g/mol. The number of carbonyl (C=O) groups excluding carboxylic acids is 2. The molecule has 2 heterocycles. The Morgan fingerprint density at radius 3 is 2.79 bits per heavy atom. The Labute approximate surface area is 195 Å².